The van der Waals surface area contributed by atoms with E-state index in [0.29, 0.717) is 37.6 Å². The Morgan fingerprint density at radius 1 is 0.976 bits per heavy atom. The van der Waals surface area contributed by atoms with Gasteiger partial charge in [-0.3, -0.25) is 14.0 Å². The number of amides is 1. The van der Waals surface area contributed by atoms with Crippen molar-refractivity contribution in [2.45, 2.75) is 38.1 Å². The average Bonchev–Trinajstić information content (AvgIpc) is 2.99. The molecule has 0 aromatic heterocycles. The van der Waals surface area contributed by atoms with Crippen molar-refractivity contribution in [1.82, 2.24) is 9.80 Å². The van der Waals surface area contributed by atoms with Gasteiger partial charge in [0, 0.05) is 51.8 Å². The first kappa shape index (κ1) is 30.6. The van der Waals surface area contributed by atoms with E-state index < -0.39 is 10.0 Å². The van der Waals surface area contributed by atoms with Crippen molar-refractivity contribution >= 4 is 21.6 Å². The van der Waals surface area contributed by atoms with Crippen LogP contribution in [-0.2, 0) is 26.1 Å². The Labute approximate surface area is 244 Å². The van der Waals surface area contributed by atoms with E-state index in [9.17, 15) is 13.2 Å². The molecule has 0 aliphatic carbocycles. The van der Waals surface area contributed by atoms with Crippen molar-refractivity contribution in [2.24, 2.45) is 0 Å². The summed E-state index contributed by atoms with van der Waals surface area (Å²) in [6.07, 6.45) is 0.633. The second-order valence-electron chi connectivity index (χ2n) is 10.2. The zero-order chi connectivity index (χ0) is 29.1. The first-order valence-electron chi connectivity index (χ1n) is 14.3. The number of morpholine rings is 1. The first-order chi connectivity index (χ1) is 19.9. The first-order valence-corrected chi connectivity index (χ1v) is 15.7. The summed E-state index contributed by atoms with van der Waals surface area (Å²) in [6, 6.07) is 23.9. The third-order valence-electron chi connectivity index (χ3n) is 7.20. The molecule has 4 rings (SSSR count). The van der Waals surface area contributed by atoms with Crippen LogP contribution in [0.15, 0.2) is 83.8 Å². The number of carbonyl (C=O) groups excluding carboxylic acids is 1. The number of ether oxygens (including phenoxy) is 2. The highest BCUT2D eigenvalue weighted by molar-refractivity contribution is 7.92. The van der Waals surface area contributed by atoms with Gasteiger partial charge in [0.25, 0.3) is 10.0 Å². The van der Waals surface area contributed by atoms with E-state index in [-0.39, 0.29) is 23.8 Å². The van der Waals surface area contributed by atoms with Crippen molar-refractivity contribution in [3.63, 3.8) is 0 Å². The fourth-order valence-corrected chi connectivity index (χ4v) is 6.28. The lowest BCUT2D eigenvalue weighted by molar-refractivity contribution is -0.131. The van der Waals surface area contributed by atoms with Gasteiger partial charge in [0.05, 0.1) is 23.8 Å². The summed E-state index contributed by atoms with van der Waals surface area (Å²) in [5.74, 6) is 0.611. The van der Waals surface area contributed by atoms with Gasteiger partial charge in [-0.15, -0.1) is 0 Å². The highest BCUT2D eigenvalue weighted by Crippen LogP contribution is 2.28. The Bertz CT molecular complexity index is 1340. The molecule has 0 saturated carbocycles. The predicted molar refractivity (Wildman–Crippen MR) is 162 cm³/mol. The molecule has 3 aromatic rings. The van der Waals surface area contributed by atoms with Crippen LogP contribution in [0.4, 0.5) is 5.69 Å². The Balaban J connectivity index is 1.46. The minimum absolute atomic E-state index is 0.00392. The number of nitrogens with zero attached hydrogens (tertiary/aromatic N) is 3. The molecule has 1 fully saturated rings. The van der Waals surface area contributed by atoms with Crippen LogP contribution < -0.4 is 9.04 Å². The number of anilines is 1. The molecule has 1 amide bonds. The standard InChI is InChI=1S/C32H41N3O5S/c1-3-34(26-28-9-5-4-6-10-28)32(36)13-8-18-35(41(37,38)31-16-14-27(2)15-17-31)29-11-7-12-30(25-29)40-24-21-33-19-22-39-23-20-33/h4-7,9-12,14-17,25H,3,8,13,18-24,26H2,1-2H3. The third-order valence-corrected chi connectivity index (χ3v) is 9.04. The minimum Gasteiger partial charge on any atom is -0.492 e. The molecule has 0 bridgehead atoms. The molecule has 0 N–H and O–H groups in total. The number of carbonyl (C=O) groups is 1. The minimum atomic E-state index is -3.87. The summed E-state index contributed by atoms with van der Waals surface area (Å²) in [7, 11) is -3.87. The van der Waals surface area contributed by atoms with E-state index in [2.05, 4.69) is 4.90 Å². The Kier molecular flexibility index (Phi) is 11.2. The maximum Gasteiger partial charge on any atom is 0.264 e. The molecule has 1 heterocycles. The molecule has 41 heavy (non-hydrogen) atoms. The summed E-state index contributed by atoms with van der Waals surface area (Å²) >= 11 is 0. The van der Waals surface area contributed by atoms with Crippen molar-refractivity contribution in [1.29, 1.82) is 0 Å². The Morgan fingerprint density at radius 3 is 2.41 bits per heavy atom. The fourth-order valence-electron chi connectivity index (χ4n) is 4.78. The van der Waals surface area contributed by atoms with Gasteiger partial charge >= 0.3 is 0 Å². The maximum atomic E-state index is 13.9. The molecule has 1 aliphatic heterocycles. The fraction of sp³-hybridized carbons (Fsp3) is 0.406. The monoisotopic (exact) mass is 579 g/mol. The molecule has 1 saturated heterocycles. The van der Waals surface area contributed by atoms with Crippen LogP contribution in [-0.4, -0.2) is 76.7 Å². The summed E-state index contributed by atoms with van der Waals surface area (Å²) in [6.45, 7) is 9.66. The predicted octanol–water partition coefficient (Wildman–Crippen LogP) is 4.73. The maximum absolute atomic E-state index is 13.9. The van der Waals surface area contributed by atoms with Crippen LogP contribution in [0, 0.1) is 6.92 Å². The van der Waals surface area contributed by atoms with Gasteiger partial charge in [0.2, 0.25) is 5.91 Å². The number of rotatable bonds is 14. The van der Waals surface area contributed by atoms with E-state index in [1.54, 1.807) is 47.4 Å². The summed E-state index contributed by atoms with van der Waals surface area (Å²) in [5.41, 5.74) is 2.56. The van der Waals surface area contributed by atoms with Gasteiger partial charge in [0.1, 0.15) is 12.4 Å². The number of hydrogen-bond donors (Lipinski definition) is 0. The van der Waals surface area contributed by atoms with Gasteiger partial charge in [0.15, 0.2) is 0 Å². The normalized spacial score (nSPS) is 14.0. The van der Waals surface area contributed by atoms with E-state index in [1.807, 2.05) is 50.2 Å². The lowest BCUT2D eigenvalue weighted by atomic mass is 10.2. The van der Waals surface area contributed by atoms with Crippen molar-refractivity contribution < 1.29 is 22.7 Å². The highest BCUT2D eigenvalue weighted by atomic mass is 32.2. The van der Waals surface area contributed by atoms with E-state index in [1.165, 1.54) is 4.31 Å². The van der Waals surface area contributed by atoms with E-state index in [0.717, 1.165) is 44.0 Å². The van der Waals surface area contributed by atoms with Gasteiger partial charge in [-0.25, -0.2) is 8.42 Å². The summed E-state index contributed by atoms with van der Waals surface area (Å²) in [5, 5.41) is 0. The molecule has 3 aromatic carbocycles. The molecular formula is C32H41N3O5S. The third kappa shape index (κ3) is 8.79. The van der Waals surface area contributed by atoms with Crippen LogP contribution in [0.25, 0.3) is 0 Å². The van der Waals surface area contributed by atoms with Crippen LogP contribution in [0.1, 0.15) is 30.9 Å². The lowest BCUT2D eigenvalue weighted by Crippen LogP contribution is -2.38. The SMILES string of the molecule is CCN(Cc1ccccc1)C(=O)CCCN(c1cccc(OCCN2CCOCC2)c1)S(=O)(=O)c1ccc(C)cc1. The number of hydrogen-bond acceptors (Lipinski definition) is 6. The van der Waals surface area contributed by atoms with Crippen molar-refractivity contribution in [2.75, 3.05) is 56.8 Å². The average molecular weight is 580 g/mol. The second-order valence-corrected chi connectivity index (χ2v) is 12.0. The van der Waals surface area contributed by atoms with Crippen molar-refractivity contribution in [3.8, 4) is 5.75 Å². The van der Waals surface area contributed by atoms with Gasteiger partial charge < -0.3 is 14.4 Å². The molecule has 0 spiro atoms. The molecule has 1 aliphatic rings. The van der Waals surface area contributed by atoms with Gasteiger partial charge in [-0.2, -0.15) is 0 Å². The number of benzene rings is 3. The smallest absolute Gasteiger partial charge is 0.264 e. The molecule has 8 nitrogen and oxygen atoms in total. The molecule has 0 radical (unpaired) electrons. The molecule has 0 unspecified atom stereocenters. The summed E-state index contributed by atoms with van der Waals surface area (Å²) in [4.78, 5) is 17.4. The number of aryl methyl sites for hydroxylation is 1. The Morgan fingerprint density at radius 2 is 1.71 bits per heavy atom. The molecule has 9 heteroatoms. The topological polar surface area (TPSA) is 79.4 Å². The van der Waals surface area contributed by atoms with Crippen LogP contribution >= 0.6 is 0 Å². The quantitative estimate of drug-likeness (QED) is 0.275. The molecule has 220 valence electrons. The van der Waals surface area contributed by atoms with Crippen LogP contribution in [0.5, 0.6) is 5.75 Å². The summed E-state index contributed by atoms with van der Waals surface area (Å²) < 4.78 is 40.5. The van der Waals surface area contributed by atoms with Gasteiger partial charge in [-0.05, 0) is 50.1 Å². The van der Waals surface area contributed by atoms with Crippen LogP contribution in [0.2, 0.25) is 0 Å². The second kappa shape index (κ2) is 15.0. The van der Waals surface area contributed by atoms with Crippen molar-refractivity contribution in [3.05, 3.63) is 90.0 Å². The molecule has 0 atom stereocenters. The van der Waals surface area contributed by atoms with Gasteiger partial charge in [-0.1, -0.05) is 54.1 Å². The van der Waals surface area contributed by atoms with Crippen LogP contribution in [0.3, 0.4) is 0 Å². The highest BCUT2D eigenvalue weighted by Gasteiger charge is 2.26. The lowest BCUT2D eigenvalue weighted by Gasteiger charge is -2.27. The van der Waals surface area contributed by atoms with E-state index >= 15 is 0 Å². The zero-order valence-electron chi connectivity index (χ0n) is 24.1. The molecular weight excluding hydrogens is 538 g/mol. The number of sulfonamides is 1. The Hall–Kier alpha value is -3.40. The van der Waals surface area contributed by atoms with E-state index in [4.69, 9.17) is 9.47 Å². The zero-order valence-corrected chi connectivity index (χ0v) is 24.9. The largest absolute Gasteiger partial charge is 0.492 e.